The smallest absolute Gasteiger partial charge is 0.416 e. The molecule has 0 bridgehead atoms. The number of ether oxygens (including phenoxy) is 2. The lowest BCUT2D eigenvalue weighted by Gasteiger charge is -2.33. The van der Waals surface area contributed by atoms with Crippen molar-refractivity contribution in [2.24, 2.45) is 10.9 Å². The average molecular weight is 415 g/mol. The van der Waals surface area contributed by atoms with Gasteiger partial charge in [-0.15, -0.1) is 0 Å². The van der Waals surface area contributed by atoms with Gasteiger partial charge in [0.25, 0.3) is 0 Å². The molecule has 1 aliphatic heterocycles. The summed E-state index contributed by atoms with van der Waals surface area (Å²) in [5.74, 6) is 0.899. The summed E-state index contributed by atoms with van der Waals surface area (Å²) in [4.78, 5) is 18.5. The lowest BCUT2D eigenvalue weighted by atomic mass is 9.97. The van der Waals surface area contributed by atoms with Crippen LogP contribution in [0.5, 0.6) is 5.75 Å². The Labute approximate surface area is 169 Å². The number of hydrogen-bond donors (Lipinski definition) is 1. The average Bonchev–Trinajstić information content (AvgIpc) is 2.70. The monoisotopic (exact) mass is 415 g/mol. The van der Waals surface area contributed by atoms with Gasteiger partial charge in [-0.05, 0) is 51.0 Å². The maximum atomic E-state index is 12.6. The van der Waals surface area contributed by atoms with Crippen molar-refractivity contribution in [2.75, 3.05) is 39.4 Å². The number of rotatable bonds is 7. The molecule has 0 radical (unpaired) electrons. The van der Waals surface area contributed by atoms with Crippen LogP contribution >= 0.6 is 0 Å². The van der Waals surface area contributed by atoms with Gasteiger partial charge >= 0.3 is 12.1 Å². The summed E-state index contributed by atoms with van der Waals surface area (Å²) in [6.45, 7) is 6.89. The minimum absolute atomic E-state index is 0.0721. The van der Waals surface area contributed by atoms with Gasteiger partial charge in [-0.1, -0.05) is 0 Å². The van der Waals surface area contributed by atoms with Crippen LogP contribution in [-0.4, -0.2) is 56.2 Å². The van der Waals surface area contributed by atoms with Crippen LogP contribution in [0, 0.1) is 5.92 Å². The Balaban J connectivity index is 1.82. The van der Waals surface area contributed by atoms with E-state index in [1.165, 1.54) is 12.1 Å². The molecule has 0 unspecified atom stereocenters. The number of guanidine groups is 1. The first-order chi connectivity index (χ1) is 13.8. The van der Waals surface area contributed by atoms with Gasteiger partial charge in [0.1, 0.15) is 12.4 Å². The van der Waals surface area contributed by atoms with Crippen molar-refractivity contribution in [3.8, 4) is 5.75 Å². The maximum Gasteiger partial charge on any atom is 0.416 e. The summed E-state index contributed by atoms with van der Waals surface area (Å²) in [6.07, 6.45) is -2.93. The summed E-state index contributed by atoms with van der Waals surface area (Å²) in [7, 11) is 0. The van der Waals surface area contributed by atoms with Gasteiger partial charge in [-0.25, -0.2) is 4.99 Å². The number of halogens is 3. The molecule has 1 heterocycles. The Bertz CT molecular complexity index is 670. The van der Waals surface area contributed by atoms with E-state index >= 15 is 0 Å². The van der Waals surface area contributed by atoms with Gasteiger partial charge in [0, 0.05) is 19.6 Å². The van der Waals surface area contributed by atoms with Gasteiger partial charge in [0.2, 0.25) is 0 Å². The molecule has 0 saturated carbocycles. The van der Waals surface area contributed by atoms with Crippen molar-refractivity contribution in [2.45, 2.75) is 32.9 Å². The van der Waals surface area contributed by atoms with Crippen molar-refractivity contribution in [3.05, 3.63) is 29.8 Å². The fourth-order valence-corrected chi connectivity index (χ4v) is 3.07. The topological polar surface area (TPSA) is 63.2 Å². The van der Waals surface area contributed by atoms with Crippen molar-refractivity contribution < 1.29 is 27.4 Å². The highest BCUT2D eigenvalue weighted by Gasteiger charge is 2.30. The van der Waals surface area contributed by atoms with Crippen LogP contribution in [0.15, 0.2) is 29.3 Å². The van der Waals surface area contributed by atoms with Gasteiger partial charge in [0.05, 0.1) is 24.6 Å². The second-order valence-corrected chi connectivity index (χ2v) is 6.62. The quantitative estimate of drug-likeness (QED) is 0.320. The van der Waals surface area contributed by atoms with E-state index < -0.39 is 11.7 Å². The number of hydrogen-bond acceptors (Lipinski definition) is 4. The van der Waals surface area contributed by atoms with Gasteiger partial charge < -0.3 is 19.7 Å². The number of nitrogens with one attached hydrogen (secondary N) is 1. The number of aliphatic imine (C=N–C) groups is 1. The maximum absolute atomic E-state index is 12.6. The number of carbonyl (C=O) groups excluding carboxylic acids is 1. The normalized spacial score (nSPS) is 15.9. The molecule has 1 fully saturated rings. The van der Waals surface area contributed by atoms with E-state index in [0.29, 0.717) is 51.4 Å². The number of alkyl halides is 3. The number of likely N-dealkylation sites (tertiary alicyclic amines) is 1. The molecular weight excluding hydrogens is 387 g/mol. The first-order valence-corrected chi connectivity index (χ1v) is 9.85. The predicted molar refractivity (Wildman–Crippen MR) is 104 cm³/mol. The zero-order valence-corrected chi connectivity index (χ0v) is 16.8. The highest BCUT2D eigenvalue weighted by Crippen LogP contribution is 2.30. The molecule has 162 valence electrons. The third-order valence-corrected chi connectivity index (χ3v) is 4.55. The number of benzene rings is 1. The molecule has 1 aromatic rings. The molecular formula is C20H28F3N3O3. The molecule has 0 amide bonds. The second kappa shape index (κ2) is 10.9. The summed E-state index contributed by atoms with van der Waals surface area (Å²) in [5.41, 5.74) is -0.705. The number of carbonyl (C=O) groups is 1. The van der Waals surface area contributed by atoms with Gasteiger partial charge in [-0.3, -0.25) is 4.79 Å². The largest absolute Gasteiger partial charge is 0.492 e. The number of nitrogens with zero attached hydrogens (tertiary/aromatic N) is 2. The first-order valence-electron chi connectivity index (χ1n) is 9.85. The minimum atomic E-state index is -4.36. The molecule has 0 atom stereocenters. The molecule has 1 aromatic carbocycles. The van der Waals surface area contributed by atoms with Crippen molar-refractivity contribution in [1.29, 1.82) is 0 Å². The molecule has 9 heteroatoms. The van der Waals surface area contributed by atoms with E-state index in [9.17, 15) is 18.0 Å². The van der Waals surface area contributed by atoms with Crippen LogP contribution in [0.25, 0.3) is 0 Å². The lowest BCUT2D eigenvalue weighted by Crippen LogP contribution is -2.46. The molecule has 1 aliphatic rings. The van der Waals surface area contributed by atoms with Crippen molar-refractivity contribution in [3.63, 3.8) is 0 Å². The standard InChI is InChI=1S/C20H28F3N3O3/c1-3-24-19(26-12-9-15(10-13-26)18(27)28-4-2)25-11-14-29-17-7-5-16(6-8-17)20(21,22)23/h5-8,15H,3-4,9-14H2,1-2H3,(H,24,25). The summed E-state index contributed by atoms with van der Waals surface area (Å²) in [5, 5.41) is 3.22. The highest BCUT2D eigenvalue weighted by atomic mass is 19.4. The van der Waals surface area contributed by atoms with E-state index in [1.807, 2.05) is 6.92 Å². The van der Waals surface area contributed by atoms with Crippen LogP contribution in [-0.2, 0) is 15.7 Å². The fourth-order valence-electron chi connectivity index (χ4n) is 3.07. The number of piperidine rings is 1. The zero-order valence-electron chi connectivity index (χ0n) is 16.8. The van der Waals surface area contributed by atoms with Crippen LogP contribution in [0.3, 0.4) is 0 Å². The Morgan fingerprint density at radius 2 is 1.86 bits per heavy atom. The lowest BCUT2D eigenvalue weighted by molar-refractivity contribution is -0.149. The van der Waals surface area contributed by atoms with Gasteiger partial charge in [-0.2, -0.15) is 13.2 Å². The van der Waals surface area contributed by atoms with Gasteiger partial charge in [0.15, 0.2) is 5.96 Å². The molecule has 1 N–H and O–H groups in total. The molecule has 0 spiro atoms. The van der Waals surface area contributed by atoms with E-state index in [0.717, 1.165) is 18.1 Å². The van der Waals surface area contributed by atoms with E-state index in [2.05, 4.69) is 15.2 Å². The van der Waals surface area contributed by atoms with Crippen LogP contribution < -0.4 is 10.1 Å². The highest BCUT2D eigenvalue weighted by molar-refractivity contribution is 5.80. The molecule has 2 rings (SSSR count). The molecule has 29 heavy (non-hydrogen) atoms. The molecule has 6 nitrogen and oxygen atoms in total. The Morgan fingerprint density at radius 3 is 2.41 bits per heavy atom. The minimum Gasteiger partial charge on any atom is -0.492 e. The second-order valence-electron chi connectivity index (χ2n) is 6.62. The fraction of sp³-hybridized carbons (Fsp3) is 0.600. The predicted octanol–water partition coefficient (Wildman–Crippen LogP) is 3.32. The first kappa shape index (κ1) is 22.8. The third-order valence-electron chi connectivity index (χ3n) is 4.55. The zero-order chi connectivity index (χ0) is 21.3. The summed E-state index contributed by atoms with van der Waals surface area (Å²) < 4.78 is 48.3. The molecule has 0 aromatic heterocycles. The van der Waals surface area contributed by atoms with Crippen LogP contribution in [0.1, 0.15) is 32.3 Å². The summed E-state index contributed by atoms with van der Waals surface area (Å²) in [6, 6.07) is 4.60. The molecule has 0 aliphatic carbocycles. The van der Waals surface area contributed by atoms with E-state index in [-0.39, 0.29) is 18.5 Å². The van der Waals surface area contributed by atoms with Crippen LogP contribution in [0.2, 0.25) is 0 Å². The molecule has 1 saturated heterocycles. The van der Waals surface area contributed by atoms with Crippen molar-refractivity contribution in [1.82, 2.24) is 10.2 Å². The van der Waals surface area contributed by atoms with E-state index in [4.69, 9.17) is 9.47 Å². The number of esters is 1. The summed E-state index contributed by atoms with van der Waals surface area (Å²) >= 11 is 0. The van der Waals surface area contributed by atoms with Crippen LogP contribution in [0.4, 0.5) is 13.2 Å². The Morgan fingerprint density at radius 1 is 1.21 bits per heavy atom. The van der Waals surface area contributed by atoms with E-state index in [1.54, 1.807) is 6.92 Å². The third kappa shape index (κ3) is 7.14. The van der Waals surface area contributed by atoms with Crippen molar-refractivity contribution >= 4 is 11.9 Å². The Kier molecular flexibility index (Phi) is 8.60. The Hall–Kier alpha value is -2.45. The SMILES string of the molecule is CCNC(=NCCOc1ccc(C(F)(F)F)cc1)N1CCC(C(=O)OCC)CC1.